The van der Waals surface area contributed by atoms with Crippen LogP contribution in [0.5, 0.6) is 0 Å². The van der Waals surface area contributed by atoms with E-state index in [1.807, 2.05) is 6.92 Å². The largest absolute Gasteiger partial charge is 0.459 e. The molecule has 0 spiro atoms. The van der Waals surface area contributed by atoms with Crippen LogP contribution in [0.2, 0.25) is 0 Å². The van der Waals surface area contributed by atoms with Crippen LogP contribution in [0.15, 0.2) is 28.4 Å². The third kappa shape index (κ3) is 3.78. The predicted molar refractivity (Wildman–Crippen MR) is 87.4 cm³/mol. The fourth-order valence-electron chi connectivity index (χ4n) is 3.33. The number of likely N-dealkylation sites (tertiary alicyclic amines) is 1. The molecule has 26 heavy (non-hydrogen) atoms. The van der Waals surface area contributed by atoms with Gasteiger partial charge in [-0.15, -0.1) is 0 Å². The van der Waals surface area contributed by atoms with E-state index < -0.39 is 36.5 Å². The first kappa shape index (κ1) is 18.5. The fraction of sp³-hybridized carbons (Fsp3) is 0.556. The zero-order chi connectivity index (χ0) is 18.9. The number of amides is 2. The molecule has 2 heterocycles. The summed E-state index contributed by atoms with van der Waals surface area (Å²) in [5, 5.41) is 2.43. The minimum atomic E-state index is -4.51. The molecule has 1 saturated heterocycles. The van der Waals surface area contributed by atoms with Gasteiger partial charge in [0, 0.05) is 24.7 Å². The van der Waals surface area contributed by atoms with Crippen molar-refractivity contribution in [3.8, 4) is 0 Å². The van der Waals surface area contributed by atoms with Crippen molar-refractivity contribution < 1.29 is 27.2 Å². The van der Waals surface area contributed by atoms with Crippen molar-refractivity contribution in [2.45, 2.75) is 44.8 Å². The summed E-state index contributed by atoms with van der Waals surface area (Å²) in [5.74, 6) is -2.83. The van der Waals surface area contributed by atoms with Crippen LogP contribution in [0.1, 0.15) is 42.3 Å². The Hall–Kier alpha value is -2.25. The van der Waals surface area contributed by atoms with Crippen molar-refractivity contribution in [2.75, 3.05) is 13.1 Å². The highest BCUT2D eigenvalue weighted by Crippen LogP contribution is 2.35. The maximum absolute atomic E-state index is 13.4. The third-order valence-corrected chi connectivity index (χ3v) is 5.01. The number of hydrogen-bond acceptors (Lipinski definition) is 3. The molecule has 0 bridgehead atoms. The molecular weight excluding hydrogens is 349 g/mol. The van der Waals surface area contributed by atoms with Gasteiger partial charge in [0.05, 0.1) is 18.2 Å². The number of allylic oxidation sites excluding steroid dienone is 1. The lowest BCUT2D eigenvalue weighted by Crippen LogP contribution is -2.45. The number of rotatable bonds is 4. The van der Waals surface area contributed by atoms with Gasteiger partial charge in [-0.2, -0.15) is 13.2 Å². The highest BCUT2D eigenvalue weighted by Gasteiger charge is 2.51. The van der Waals surface area contributed by atoms with Crippen LogP contribution < -0.4 is 5.32 Å². The molecule has 2 atom stereocenters. The lowest BCUT2D eigenvalue weighted by Gasteiger charge is -2.22. The first-order chi connectivity index (χ1) is 12.3. The monoisotopic (exact) mass is 370 g/mol. The molecule has 8 heteroatoms. The highest BCUT2D eigenvalue weighted by molar-refractivity contribution is 5.93. The molecule has 0 aromatic carbocycles. The second-order valence-electron chi connectivity index (χ2n) is 6.76. The number of alkyl halides is 3. The zero-order valence-electron chi connectivity index (χ0n) is 14.4. The topological polar surface area (TPSA) is 62.6 Å². The first-order valence-electron chi connectivity index (χ1n) is 8.72. The van der Waals surface area contributed by atoms with Gasteiger partial charge in [0.25, 0.3) is 5.91 Å². The molecule has 0 unspecified atom stereocenters. The average Bonchev–Trinajstić information content (AvgIpc) is 3.16. The lowest BCUT2D eigenvalue weighted by molar-refractivity contribution is -0.175. The second kappa shape index (κ2) is 7.17. The quantitative estimate of drug-likeness (QED) is 0.829. The van der Waals surface area contributed by atoms with Crippen molar-refractivity contribution in [1.82, 2.24) is 10.2 Å². The SMILES string of the molecule is CCc1ccoc1C(=O)N1C[C@@H](C(F)(F)F)[C@H](NC(=O)C=C2CCC2)C1. The Kier molecular flexibility index (Phi) is 5.11. The number of hydrogen-bond donors (Lipinski definition) is 1. The second-order valence-corrected chi connectivity index (χ2v) is 6.76. The van der Waals surface area contributed by atoms with Crippen LogP contribution >= 0.6 is 0 Å². The fourth-order valence-corrected chi connectivity index (χ4v) is 3.33. The molecule has 1 aromatic rings. The summed E-state index contributed by atoms with van der Waals surface area (Å²) in [4.78, 5) is 25.7. The van der Waals surface area contributed by atoms with E-state index in [0.29, 0.717) is 12.0 Å². The Bertz CT molecular complexity index is 718. The Morgan fingerprint density at radius 2 is 2.08 bits per heavy atom. The summed E-state index contributed by atoms with van der Waals surface area (Å²) >= 11 is 0. The molecule has 1 saturated carbocycles. The smallest absolute Gasteiger partial charge is 0.395 e. The summed E-state index contributed by atoms with van der Waals surface area (Å²) < 4.78 is 45.4. The Labute approximate surface area is 149 Å². The summed E-state index contributed by atoms with van der Waals surface area (Å²) in [6.45, 7) is 1.15. The Morgan fingerprint density at radius 3 is 2.65 bits per heavy atom. The van der Waals surface area contributed by atoms with Gasteiger partial charge >= 0.3 is 6.18 Å². The molecule has 2 amide bonds. The van der Waals surface area contributed by atoms with Crippen LogP contribution in [0, 0.1) is 5.92 Å². The standard InChI is InChI=1S/C18H21F3N2O3/c1-2-12-6-7-26-16(12)17(25)23-9-13(18(19,20)21)14(10-23)22-15(24)8-11-4-3-5-11/h6-8,13-14H,2-5,9-10H2,1H3,(H,22,24)/t13-,14-/m1/s1. The average molecular weight is 370 g/mol. The highest BCUT2D eigenvalue weighted by atomic mass is 19.4. The molecular formula is C18H21F3N2O3. The van der Waals surface area contributed by atoms with Crippen LogP contribution in [-0.4, -0.2) is 42.0 Å². The molecule has 1 aliphatic carbocycles. The van der Waals surface area contributed by atoms with E-state index in [1.54, 1.807) is 6.07 Å². The Morgan fingerprint density at radius 1 is 1.35 bits per heavy atom. The minimum Gasteiger partial charge on any atom is -0.459 e. The van der Waals surface area contributed by atoms with Crippen molar-refractivity contribution >= 4 is 11.8 Å². The molecule has 2 fully saturated rings. The van der Waals surface area contributed by atoms with Crippen molar-refractivity contribution in [3.05, 3.63) is 35.3 Å². The number of nitrogens with one attached hydrogen (secondary N) is 1. The lowest BCUT2D eigenvalue weighted by atomic mass is 9.92. The van der Waals surface area contributed by atoms with Crippen molar-refractivity contribution in [3.63, 3.8) is 0 Å². The van der Waals surface area contributed by atoms with Gasteiger partial charge in [0.2, 0.25) is 5.91 Å². The molecule has 3 rings (SSSR count). The molecule has 1 N–H and O–H groups in total. The number of nitrogens with zero attached hydrogens (tertiary/aromatic N) is 1. The zero-order valence-corrected chi connectivity index (χ0v) is 14.4. The number of aryl methyl sites for hydroxylation is 1. The number of furan rings is 1. The summed E-state index contributed by atoms with van der Waals surface area (Å²) in [5.41, 5.74) is 1.60. The van der Waals surface area contributed by atoms with E-state index in [1.165, 1.54) is 12.3 Å². The van der Waals surface area contributed by atoms with E-state index in [9.17, 15) is 22.8 Å². The van der Waals surface area contributed by atoms with Crippen molar-refractivity contribution in [2.24, 2.45) is 5.92 Å². The van der Waals surface area contributed by atoms with Crippen LogP contribution in [0.3, 0.4) is 0 Å². The molecule has 5 nitrogen and oxygen atoms in total. The summed E-state index contributed by atoms with van der Waals surface area (Å²) in [6, 6.07) is 0.470. The predicted octanol–water partition coefficient (Wildman–Crippen LogP) is 3.07. The maximum Gasteiger partial charge on any atom is 0.395 e. The summed E-state index contributed by atoms with van der Waals surface area (Å²) in [7, 11) is 0. The van der Waals surface area contributed by atoms with E-state index in [0.717, 1.165) is 29.7 Å². The molecule has 142 valence electrons. The molecule has 1 aromatic heterocycles. The minimum absolute atomic E-state index is 0.0667. The van der Waals surface area contributed by atoms with E-state index >= 15 is 0 Å². The number of carbonyl (C=O) groups excluding carboxylic acids is 2. The third-order valence-electron chi connectivity index (χ3n) is 5.01. The van der Waals surface area contributed by atoms with E-state index in [-0.39, 0.29) is 12.3 Å². The van der Waals surface area contributed by atoms with Gasteiger partial charge in [-0.05, 0) is 31.7 Å². The molecule has 1 aliphatic heterocycles. The van der Waals surface area contributed by atoms with Crippen LogP contribution in [-0.2, 0) is 11.2 Å². The van der Waals surface area contributed by atoms with Crippen LogP contribution in [0.4, 0.5) is 13.2 Å². The molecule has 0 radical (unpaired) electrons. The molecule has 2 aliphatic rings. The maximum atomic E-state index is 13.4. The summed E-state index contributed by atoms with van der Waals surface area (Å²) in [6.07, 6.45) is 1.39. The van der Waals surface area contributed by atoms with Crippen molar-refractivity contribution in [1.29, 1.82) is 0 Å². The van der Waals surface area contributed by atoms with E-state index in [4.69, 9.17) is 4.42 Å². The van der Waals surface area contributed by atoms with Gasteiger partial charge in [-0.25, -0.2) is 0 Å². The number of halogens is 3. The van der Waals surface area contributed by atoms with Gasteiger partial charge < -0.3 is 14.6 Å². The van der Waals surface area contributed by atoms with Gasteiger partial charge in [0.1, 0.15) is 0 Å². The van der Waals surface area contributed by atoms with Gasteiger partial charge in [-0.3, -0.25) is 9.59 Å². The number of carbonyl (C=O) groups is 2. The normalized spacial score (nSPS) is 22.9. The first-order valence-corrected chi connectivity index (χ1v) is 8.72. The Balaban J connectivity index is 1.74. The van der Waals surface area contributed by atoms with Gasteiger partial charge in [-0.1, -0.05) is 12.5 Å². The van der Waals surface area contributed by atoms with E-state index in [2.05, 4.69) is 5.32 Å². The van der Waals surface area contributed by atoms with Crippen LogP contribution in [0.25, 0.3) is 0 Å². The van der Waals surface area contributed by atoms with Gasteiger partial charge in [0.15, 0.2) is 5.76 Å².